The van der Waals surface area contributed by atoms with Gasteiger partial charge in [0.2, 0.25) is 0 Å². The highest BCUT2D eigenvalue weighted by Gasteiger charge is 1.93. The zero-order chi connectivity index (χ0) is 14.7. The number of methoxy groups -OCH3 is 1. The summed E-state index contributed by atoms with van der Waals surface area (Å²) in [5.41, 5.74) is 0. The predicted molar refractivity (Wildman–Crippen MR) is 72.2 cm³/mol. The molecule has 7 heteroatoms. The van der Waals surface area contributed by atoms with Crippen LogP contribution < -0.4 is 0 Å². The number of unbranched alkanes of at least 4 members (excludes halogenated alkanes) is 1. The lowest BCUT2D eigenvalue weighted by atomic mass is 10.3. The Bertz CT molecular complexity index is 151. The largest absolute Gasteiger partial charge is 0.382 e. The zero-order valence-corrected chi connectivity index (χ0v) is 12.6. The number of hydrogen-bond donors (Lipinski definition) is 0. The van der Waals surface area contributed by atoms with E-state index in [0.29, 0.717) is 59.8 Å². The van der Waals surface area contributed by atoms with Crippen molar-refractivity contribution in [3.05, 3.63) is 0 Å². The lowest BCUT2D eigenvalue weighted by Gasteiger charge is -2.06. The second-order valence-corrected chi connectivity index (χ2v) is 3.80. The van der Waals surface area contributed by atoms with Gasteiger partial charge in [0.15, 0.2) is 0 Å². The fraction of sp³-hybridized carbons (Fsp3) is 1.00. The molecule has 0 aromatic rings. The summed E-state index contributed by atoms with van der Waals surface area (Å²) >= 11 is 0. The van der Waals surface area contributed by atoms with E-state index in [2.05, 4.69) is 0 Å². The number of ether oxygens (including phenoxy) is 5. The lowest BCUT2D eigenvalue weighted by Crippen LogP contribution is -2.09. The van der Waals surface area contributed by atoms with Crippen LogP contribution in [0.5, 0.6) is 0 Å². The standard InChI is InChI=1S/C13H28O7/c1-3-15-12-18-10-11-20-19-7-5-4-6-16-13-17-9-8-14-2/h3-13H2,1-2H3. The molecule has 0 radical (unpaired) electrons. The van der Waals surface area contributed by atoms with Crippen LogP contribution in [-0.2, 0) is 33.5 Å². The Balaban J connectivity index is 2.89. The van der Waals surface area contributed by atoms with Crippen LogP contribution in [0.25, 0.3) is 0 Å². The second-order valence-electron chi connectivity index (χ2n) is 3.80. The molecule has 0 unspecified atom stereocenters. The molecule has 0 aliphatic carbocycles. The Labute approximate surface area is 121 Å². The monoisotopic (exact) mass is 296 g/mol. The maximum atomic E-state index is 5.25. The van der Waals surface area contributed by atoms with Gasteiger partial charge in [0.05, 0.1) is 26.4 Å². The third-order valence-corrected chi connectivity index (χ3v) is 2.13. The molecule has 0 saturated carbocycles. The minimum absolute atomic E-state index is 0.295. The molecule has 0 aliphatic heterocycles. The van der Waals surface area contributed by atoms with Crippen molar-refractivity contribution in [2.45, 2.75) is 19.8 Å². The molecule has 0 amide bonds. The van der Waals surface area contributed by atoms with Crippen LogP contribution in [0.15, 0.2) is 0 Å². The van der Waals surface area contributed by atoms with E-state index in [-0.39, 0.29) is 0 Å². The SMILES string of the molecule is CCOCOCCOOCCCCOCOCCOC. The summed E-state index contributed by atoms with van der Waals surface area (Å²) in [7, 11) is 1.64. The lowest BCUT2D eigenvalue weighted by molar-refractivity contribution is -0.301. The molecular formula is C13H28O7. The second kappa shape index (κ2) is 18.7. The van der Waals surface area contributed by atoms with Crippen LogP contribution in [0.2, 0.25) is 0 Å². The average molecular weight is 296 g/mol. The van der Waals surface area contributed by atoms with Gasteiger partial charge in [-0.25, -0.2) is 9.78 Å². The van der Waals surface area contributed by atoms with Gasteiger partial charge in [0, 0.05) is 20.3 Å². The van der Waals surface area contributed by atoms with Crippen molar-refractivity contribution >= 4 is 0 Å². The van der Waals surface area contributed by atoms with E-state index in [1.54, 1.807) is 7.11 Å². The van der Waals surface area contributed by atoms with Crippen molar-refractivity contribution in [1.82, 2.24) is 0 Å². The molecular weight excluding hydrogens is 268 g/mol. The first-order valence-electron chi connectivity index (χ1n) is 6.96. The van der Waals surface area contributed by atoms with Gasteiger partial charge in [0.1, 0.15) is 20.2 Å². The third kappa shape index (κ3) is 17.7. The molecule has 122 valence electrons. The Morgan fingerprint density at radius 3 is 1.95 bits per heavy atom. The minimum Gasteiger partial charge on any atom is -0.382 e. The van der Waals surface area contributed by atoms with Crippen molar-refractivity contribution in [3.63, 3.8) is 0 Å². The fourth-order valence-electron chi connectivity index (χ4n) is 1.10. The molecule has 0 bridgehead atoms. The van der Waals surface area contributed by atoms with E-state index in [1.807, 2.05) is 6.92 Å². The first kappa shape index (κ1) is 19.7. The summed E-state index contributed by atoms with van der Waals surface area (Å²) in [6, 6.07) is 0. The third-order valence-electron chi connectivity index (χ3n) is 2.13. The van der Waals surface area contributed by atoms with E-state index in [1.165, 1.54) is 0 Å². The highest BCUT2D eigenvalue weighted by Crippen LogP contribution is 1.93. The molecule has 0 fully saturated rings. The van der Waals surface area contributed by atoms with Crippen LogP contribution in [0.3, 0.4) is 0 Å². The average Bonchev–Trinajstić information content (AvgIpc) is 2.47. The molecule has 0 aromatic heterocycles. The van der Waals surface area contributed by atoms with Crippen LogP contribution >= 0.6 is 0 Å². The molecule has 0 aromatic carbocycles. The first-order chi connectivity index (χ1) is 9.91. The molecule has 0 rings (SSSR count). The maximum absolute atomic E-state index is 5.25. The van der Waals surface area contributed by atoms with E-state index in [4.69, 9.17) is 33.5 Å². The predicted octanol–water partition coefficient (Wildman–Crippen LogP) is 1.36. The molecule has 0 heterocycles. The van der Waals surface area contributed by atoms with E-state index < -0.39 is 0 Å². The Hall–Kier alpha value is -0.280. The molecule has 0 atom stereocenters. The Morgan fingerprint density at radius 2 is 1.20 bits per heavy atom. The molecule has 0 spiro atoms. The van der Waals surface area contributed by atoms with Gasteiger partial charge >= 0.3 is 0 Å². The Morgan fingerprint density at radius 1 is 0.600 bits per heavy atom. The molecule has 7 nitrogen and oxygen atoms in total. The van der Waals surface area contributed by atoms with Gasteiger partial charge in [-0.05, 0) is 19.8 Å². The highest BCUT2D eigenvalue weighted by molar-refractivity contribution is 4.35. The molecule has 0 N–H and O–H groups in total. The fourth-order valence-corrected chi connectivity index (χ4v) is 1.10. The van der Waals surface area contributed by atoms with Crippen molar-refractivity contribution in [2.75, 3.05) is 66.9 Å². The summed E-state index contributed by atoms with van der Waals surface area (Å²) in [6.45, 7) is 6.35. The van der Waals surface area contributed by atoms with Crippen LogP contribution in [0.1, 0.15) is 19.8 Å². The van der Waals surface area contributed by atoms with Gasteiger partial charge in [-0.15, -0.1) is 0 Å². The van der Waals surface area contributed by atoms with Gasteiger partial charge in [-0.1, -0.05) is 0 Å². The van der Waals surface area contributed by atoms with Gasteiger partial charge in [0.25, 0.3) is 0 Å². The summed E-state index contributed by atoms with van der Waals surface area (Å²) in [5.74, 6) is 0. The van der Waals surface area contributed by atoms with Crippen LogP contribution in [0.4, 0.5) is 0 Å². The van der Waals surface area contributed by atoms with E-state index in [0.717, 1.165) is 12.8 Å². The first-order valence-corrected chi connectivity index (χ1v) is 6.96. The van der Waals surface area contributed by atoms with Crippen molar-refractivity contribution in [3.8, 4) is 0 Å². The zero-order valence-electron chi connectivity index (χ0n) is 12.6. The Kier molecular flexibility index (Phi) is 18.5. The summed E-state index contributed by atoms with van der Waals surface area (Å²) in [4.78, 5) is 9.90. The van der Waals surface area contributed by atoms with Gasteiger partial charge in [-0.2, -0.15) is 0 Å². The highest BCUT2D eigenvalue weighted by atomic mass is 17.2. The summed E-state index contributed by atoms with van der Waals surface area (Å²) in [5, 5.41) is 0. The smallest absolute Gasteiger partial charge is 0.146 e. The molecule has 20 heavy (non-hydrogen) atoms. The summed E-state index contributed by atoms with van der Waals surface area (Å²) < 4.78 is 25.3. The summed E-state index contributed by atoms with van der Waals surface area (Å²) in [6.07, 6.45) is 1.77. The van der Waals surface area contributed by atoms with Crippen LogP contribution in [-0.4, -0.2) is 66.9 Å². The van der Waals surface area contributed by atoms with Crippen molar-refractivity contribution in [1.29, 1.82) is 0 Å². The van der Waals surface area contributed by atoms with Crippen molar-refractivity contribution < 1.29 is 33.5 Å². The van der Waals surface area contributed by atoms with Crippen molar-refractivity contribution in [2.24, 2.45) is 0 Å². The number of hydrogen-bond acceptors (Lipinski definition) is 7. The quantitative estimate of drug-likeness (QED) is 0.174. The number of rotatable bonds is 17. The topological polar surface area (TPSA) is 64.6 Å². The maximum Gasteiger partial charge on any atom is 0.146 e. The van der Waals surface area contributed by atoms with Crippen LogP contribution in [0, 0.1) is 0 Å². The molecule has 0 saturated heterocycles. The van der Waals surface area contributed by atoms with E-state index >= 15 is 0 Å². The van der Waals surface area contributed by atoms with Gasteiger partial charge in [-0.3, -0.25) is 0 Å². The molecule has 0 aliphatic rings. The normalized spacial score (nSPS) is 11.1. The van der Waals surface area contributed by atoms with Gasteiger partial charge < -0.3 is 23.7 Å². The minimum atomic E-state index is 0.295. The van der Waals surface area contributed by atoms with E-state index in [9.17, 15) is 0 Å².